The number of hydrogen-bond donors (Lipinski definition) is 1. The van der Waals surface area contributed by atoms with Gasteiger partial charge in [0.15, 0.2) is 0 Å². The van der Waals surface area contributed by atoms with Crippen molar-refractivity contribution in [3.63, 3.8) is 0 Å². The van der Waals surface area contributed by atoms with Crippen LogP contribution in [0.2, 0.25) is 0 Å². The predicted octanol–water partition coefficient (Wildman–Crippen LogP) is 1.15. The first kappa shape index (κ1) is 10.7. The molecule has 1 aromatic rings. The maximum Gasteiger partial charge on any atom is 0.211 e. The number of aromatic nitrogens is 1. The van der Waals surface area contributed by atoms with E-state index in [1.807, 2.05) is 12.3 Å². The summed E-state index contributed by atoms with van der Waals surface area (Å²) in [7, 11) is -2.99. The van der Waals surface area contributed by atoms with E-state index in [9.17, 15) is 8.42 Å². The summed E-state index contributed by atoms with van der Waals surface area (Å²) in [5, 5.41) is 0. The van der Waals surface area contributed by atoms with Crippen molar-refractivity contribution >= 4 is 10.0 Å². The van der Waals surface area contributed by atoms with Gasteiger partial charge in [-0.25, -0.2) is 12.7 Å². The van der Waals surface area contributed by atoms with Crippen molar-refractivity contribution in [2.24, 2.45) is 0 Å². The van der Waals surface area contributed by atoms with Crippen LogP contribution in [0.4, 0.5) is 0 Å². The highest BCUT2D eigenvalue weighted by Gasteiger charge is 2.25. The van der Waals surface area contributed by atoms with Gasteiger partial charge in [-0.2, -0.15) is 0 Å². The number of nitrogens with one attached hydrogen (secondary N) is 1. The van der Waals surface area contributed by atoms with Crippen molar-refractivity contribution in [1.82, 2.24) is 9.29 Å². The Hall–Kier alpha value is -0.810. The molecule has 1 aromatic heterocycles. The molecule has 0 aliphatic carbocycles. The molecule has 15 heavy (non-hydrogen) atoms. The topological polar surface area (TPSA) is 53.2 Å². The SMILES string of the molecule is CS(=O)(=O)N1CCC(c2ccc[nH]2)CC1. The van der Waals surface area contributed by atoms with Crippen LogP contribution >= 0.6 is 0 Å². The van der Waals surface area contributed by atoms with E-state index < -0.39 is 10.0 Å². The van der Waals surface area contributed by atoms with Gasteiger partial charge in [-0.3, -0.25) is 0 Å². The van der Waals surface area contributed by atoms with Crippen molar-refractivity contribution in [2.45, 2.75) is 18.8 Å². The normalized spacial score (nSPS) is 20.6. The molecule has 0 bridgehead atoms. The Morgan fingerprint density at radius 3 is 2.53 bits per heavy atom. The first-order valence-electron chi connectivity index (χ1n) is 5.16. The standard InChI is InChI=1S/C10H16N2O2S/c1-15(13,14)12-7-4-9(5-8-12)10-3-2-6-11-10/h2-3,6,9,11H,4-5,7-8H2,1H3. The molecule has 0 unspecified atom stereocenters. The Bertz CT molecular complexity index is 403. The van der Waals surface area contributed by atoms with Crippen molar-refractivity contribution in [3.8, 4) is 0 Å². The van der Waals surface area contributed by atoms with Gasteiger partial charge in [0.05, 0.1) is 6.26 Å². The number of rotatable bonds is 2. The molecule has 5 heteroatoms. The Morgan fingerprint density at radius 2 is 2.07 bits per heavy atom. The summed E-state index contributed by atoms with van der Waals surface area (Å²) in [6.07, 6.45) is 5.02. The zero-order valence-electron chi connectivity index (χ0n) is 8.81. The Kier molecular flexibility index (Phi) is 2.84. The second kappa shape index (κ2) is 3.98. The lowest BCUT2D eigenvalue weighted by Gasteiger charge is -2.29. The first-order valence-corrected chi connectivity index (χ1v) is 7.00. The lowest BCUT2D eigenvalue weighted by atomic mass is 9.95. The molecule has 2 rings (SSSR count). The third kappa shape index (κ3) is 2.41. The summed E-state index contributed by atoms with van der Waals surface area (Å²) in [5.74, 6) is 0.484. The molecule has 0 spiro atoms. The zero-order chi connectivity index (χ0) is 10.9. The van der Waals surface area contributed by atoms with Gasteiger partial charge >= 0.3 is 0 Å². The molecule has 2 heterocycles. The molecule has 0 amide bonds. The third-order valence-electron chi connectivity index (χ3n) is 2.98. The maximum atomic E-state index is 11.3. The summed E-state index contributed by atoms with van der Waals surface area (Å²) >= 11 is 0. The number of aromatic amines is 1. The van der Waals surface area contributed by atoms with E-state index >= 15 is 0 Å². The largest absolute Gasteiger partial charge is 0.365 e. The molecular formula is C10H16N2O2S. The fourth-order valence-electron chi connectivity index (χ4n) is 2.10. The summed E-state index contributed by atoms with van der Waals surface area (Å²) in [5.41, 5.74) is 1.23. The van der Waals surface area contributed by atoms with E-state index in [-0.39, 0.29) is 0 Å². The summed E-state index contributed by atoms with van der Waals surface area (Å²) in [4.78, 5) is 3.19. The molecule has 1 saturated heterocycles. The van der Waals surface area contributed by atoms with Crippen molar-refractivity contribution in [1.29, 1.82) is 0 Å². The van der Waals surface area contributed by atoms with E-state index in [1.54, 1.807) is 4.31 Å². The lowest BCUT2D eigenvalue weighted by molar-refractivity contribution is 0.319. The van der Waals surface area contributed by atoms with Gasteiger partial charge < -0.3 is 4.98 Å². The zero-order valence-corrected chi connectivity index (χ0v) is 9.63. The summed E-state index contributed by atoms with van der Waals surface area (Å²) in [6, 6.07) is 4.05. The fraction of sp³-hybridized carbons (Fsp3) is 0.600. The smallest absolute Gasteiger partial charge is 0.211 e. The Balaban J connectivity index is 1.99. The monoisotopic (exact) mass is 228 g/mol. The van der Waals surface area contributed by atoms with Crippen LogP contribution in [-0.4, -0.2) is 37.1 Å². The van der Waals surface area contributed by atoms with Gasteiger partial charge in [-0.1, -0.05) is 0 Å². The molecule has 1 fully saturated rings. The molecule has 0 aromatic carbocycles. The third-order valence-corrected chi connectivity index (χ3v) is 4.29. The summed E-state index contributed by atoms with van der Waals surface area (Å²) in [6.45, 7) is 1.28. The van der Waals surface area contributed by atoms with Crippen LogP contribution in [0, 0.1) is 0 Å². The van der Waals surface area contributed by atoms with Crippen molar-refractivity contribution in [3.05, 3.63) is 24.0 Å². The first-order chi connectivity index (χ1) is 7.07. The van der Waals surface area contributed by atoms with Crippen LogP contribution in [0.3, 0.4) is 0 Å². The minimum absolute atomic E-state index is 0.484. The molecule has 4 nitrogen and oxygen atoms in total. The molecule has 1 N–H and O–H groups in total. The Labute approximate surface area is 90.3 Å². The maximum absolute atomic E-state index is 11.3. The van der Waals surface area contributed by atoms with Gasteiger partial charge in [0.1, 0.15) is 0 Å². The van der Waals surface area contributed by atoms with Gasteiger partial charge in [0, 0.05) is 30.9 Å². The van der Waals surface area contributed by atoms with Gasteiger partial charge in [0.25, 0.3) is 0 Å². The van der Waals surface area contributed by atoms with Gasteiger partial charge in [-0.15, -0.1) is 0 Å². The minimum atomic E-state index is -2.99. The van der Waals surface area contributed by atoms with Crippen molar-refractivity contribution < 1.29 is 8.42 Å². The van der Waals surface area contributed by atoms with E-state index in [1.165, 1.54) is 11.9 Å². The average Bonchev–Trinajstić information content (AvgIpc) is 2.69. The molecule has 0 saturated carbocycles. The summed E-state index contributed by atoms with van der Waals surface area (Å²) < 4.78 is 24.2. The number of sulfonamides is 1. The lowest BCUT2D eigenvalue weighted by Crippen LogP contribution is -2.37. The molecular weight excluding hydrogens is 212 g/mol. The number of piperidine rings is 1. The molecule has 84 valence electrons. The number of nitrogens with zero attached hydrogens (tertiary/aromatic N) is 1. The van der Waals surface area contributed by atoms with Crippen LogP contribution in [-0.2, 0) is 10.0 Å². The molecule has 0 radical (unpaired) electrons. The number of hydrogen-bond acceptors (Lipinski definition) is 2. The minimum Gasteiger partial charge on any atom is -0.365 e. The van der Waals surface area contributed by atoms with Gasteiger partial charge in [-0.05, 0) is 25.0 Å². The molecule has 1 aliphatic rings. The van der Waals surface area contributed by atoms with E-state index in [0.29, 0.717) is 19.0 Å². The predicted molar refractivity (Wildman–Crippen MR) is 59.2 cm³/mol. The Morgan fingerprint density at radius 1 is 1.40 bits per heavy atom. The van der Waals surface area contributed by atoms with E-state index in [2.05, 4.69) is 11.1 Å². The fourth-order valence-corrected chi connectivity index (χ4v) is 2.97. The second-order valence-corrected chi connectivity index (χ2v) is 6.04. The highest BCUT2D eigenvalue weighted by atomic mass is 32.2. The average molecular weight is 228 g/mol. The van der Waals surface area contributed by atoms with Crippen LogP contribution in [0.5, 0.6) is 0 Å². The molecule has 1 aliphatic heterocycles. The van der Waals surface area contributed by atoms with Gasteiger partial charge in [0.2, 0.25) is 10.0 Å². The van der Waals surface area contributed by atoms with Crippen molar-refractivity contribution in [2.75, 3.05) is 19.3 Å². The highest BCUT2D eigenvalue weighted by Crippen LogP contribution is 2.27. The second-order valence-electron chi connectivity index (χ2n) is 4.06. The quantitative estimate of drug-likeness (QED) is 0.825. The van der Waals surface area contributed by atoms with Crippen LogP contribution in [0.15, 0.2) is 18.3 Å². The van der Waals surface area contributed by atoms with E-state index in [4.69, 9.17) is 0 Å². The number of H-pyrrole nitrogens is 1. The molecule has 0 atom stereocenters. The van der Waals surface area contributed by atoms with Crippen LogP contribution in [0.1, 0.15) is 24.5 Å². The highest BCUT2D eigenvalue weighted by molar-refractivity contribution is 7.88. The van der Waals surface area contributed by atoms with Crippen LogP contribution < -0.4 is 0 Å². The van der Waals surface area contributed by atoms with Crippen LogP contribution in [0.25, 0.3) is 0 Å². The van der Waals surface area contributed by atoms with E-state index in [0.717, 1.165) is 12.8 Å².